The number of amides is 1. The van der Waals surface area contributed by atoms with E-state index in [-0.39, 0.29) is 11.9 Å². The van der Waals surface area contributed by atoms with Crippen LogP contribution in [0.25, 0.3) is 11.4 Å². The third-order valence-corrected chi connectivity index (χ3v) is 4.88. The van der Waals surface area contributed by atoms with Gasteiger partial charge in [-0.1, -0.05) is 0 Å². The highest BCUT2D eigenvalue weighted by atomic mass is 16.2. The number of hydrogen-bond acceptors (Lipinski definition) is 5. The summed E-state index contributed by atoms with van der Waals surface area (Å²) in [5, 5.41) is 11.6. The summed E-state index contributed by atoms with van der Waals surface area (Å²) in [5.41, 5.74) is 2.41. The molecule has 1 fully saturated rings. The molecule has 0 aliphatic carbocycles. The molecular weight excluding hydrogens is 330 g/mol. The van der Waals surface area contributed by atoms with Gasteiger partial charge in [0, 0.05) is 36.7 Å². The summed E-state index contributed by atoms with van der Waals surface area (Å²) in [5.74, 6) is 1.32. The van der Waals surface area contributed by atoms with Crippen LogP contribution in [0.3, 0.4) is 0 Å². The van der Waals surface area contributed by atoms with Crippen molar-refractivity contribution in [1.82, 2.24) is 34.8 Å². The number of aryl methyl sites for hydroxylation is 1. The van der Waals surface area contributed by atoms with Crippen molar-refractivity contribution < 1.29 is 4.79 Å². The number of nitrogens with one attached hydrogen (secondary N) is 1. The first kappa shape index (κ1) is 16.4. The molecule has 0 spiro atoms. The summed E-state index contributed by atoms with van der Waals surface area (Å²) in [4.78, 5) is 23.6. The van der Waals surface area contributed by atoms with Gasteiger partial charge in [-0.05, 0) is 38.8 Å². The summed E-state index contributed by atoms with van der Waals surface area (Å²) >= 11 is 0. The maximum Gasteiger partial charge on any atom is 0.257 e. The Labute approximate surface area is 151 Å². The molecule has 0 bridgehead atoms. The number of nitrogens with zero attached hydrogens (tertiary/aromatic N) is 6. The maximum absolute atomic E-state index is 13.1. The van der Waals surface area contributed by atoms with Crippen LogP contribution in [0.1, 0.15) is 47.7 Å². The van der Waals surface area contributed by atoms with Gasteiger partial charge in [-0.2, -0.15) is 10.2 Å². The molecule has 3 aromatic rings. The van der Waals surface area contributed by atoms with Crippen molar-refractivity contribution in [2.45, 2.75) is 39.3 Å². The Balaban J connectivity index is 1.60. The largest absolute Gasteiger partial charge is 0.328 e. The highest BCUT2D eigenvalue weighted by Gasteiger charge is 2.34. The normalized spacial score (nSPS) is 17.0. The molecule has 1 atom stereocenters. The molecule has 0 unspecified atom stereocenters. The highest BCUT2D eigenvalue weighted by molar-refractivity contribution is 5.95. The van der Waals surface area contributed by atoms with E-state index in [9.17, 15) is 4.79 Å². The van der Waals surface area contributed by atoms with E-state index in [0.717, 1.165) is 36.5 Å². The molecule has 0 radical (unpaired) electrons. The number of H-pyrrole nitrogens is 1. The molecule has 4 rings (SSSR count). The van der Waals surface area contributed by atoms with Crippen LogP contribution in [0, 0.1) is 6.92 Å². The van der Waals surface area contributed by atoms with Gasteiger partial charge in [-0.25, -0.2) is 4.98 Å². The summed E-state index contributed by atoms with van der Waals surface area (Å²) in [6.07, 6.45) is 6.92. The average Bonchev–Trinajstić information content (AvgIpc) is 3.40. The predicted molar refractivity (Wildman–Crippen MR) is 95.3 cm³/mol. The Morgan fingerprint density at radius 2 is 2.27 bits per heavy atom. The Morgan fingerprint density at radius 1 is 1.38 bits per heavy atom. The SMILES string of the molecule is CCn1ncc(C(=O)N2CCC[C@@H]2c2nc(-c3cccnc3)n[nH]2)c1C. The summed E-state index contributed by atoms with van der Waals surface area (Å²) < 4.78 is 1.84. The van der Waals surface area contributed by atoms with Crippen molar-refractivity contribution in [1.29, 1.82) is 0 Å². The van der Waals surface area contributed by atoms with E-state index >= 15 is 0 Å². The van der Waals surface area contributed by atoms with Gasteiger partial charge in [-0.15, -0.1) is 0 Å². The minimum absolute atomic E-state index is 0.00373. The second-order valence-corrected chi connectivity index (χ2v) is 6.40. The van der Waals surface area contributed by atoms with Gasteiger partial charge < -0.3 is 4.90 Å². The van der Waals surface area contributed by atoms with Gasteiger partial charge >= 0.3 is 0 Å². The van der Waals surface area contributed by atoms with Gasteiger partial charge in [0.1, 0.15) is 5.82 Å². The van der Waals surface area contributed by atoms with E-state index in [0.29, 0.717) is 17.9 Å². The van der Waals surface area contributed by atoms with E-state index in [1.807, 2.05) is 35.6 Å². The fourth-order valence-electron chi connectivity index (χ4n) is 3.47. The maximum atomic E-state index is 13.1. The lowest BCUT2D eigenvalue weighted by Gasteiger charge is -2.22. The first-order chi connectivity index (χ1) is 12.7. The number of carbonyl (C=O) groups excluding carboxylic acids is 1. The lowest BCUT2D eigenvalue weighted by molar-refractivity contribution is 0.0729. The third kappa shape index (κ3) is 2.77. The molecule has 1 aliphatic rings. The second-order valence-electron chi connectivity index (χ2n) is 6.40. The van der Waals surface area contributed by atoms with Crippen molar-refractivity contribution in [3.8, 4) is 11.4 Å². The molecule has 1 amide bonds. The van der Waals surface area contributed by atoms with Crippen molar-refractivity contribution in [2.75, 3.05) is 6.54 Å². The number of rotatable bonds is 4. The zero-order chi connectivity index (χ0) is 18.1. The average molecular weight is 351 g/mol. The van der Waals surface area contributed by atoms with Crippen LogP contribution in [0.5, 0.6) is 0 Å². The molecule has 1 saturated heterocycles. The van der Waals surface area contributed by atoms with Crippen molar-refractivity contribution in [2.24, 2.45) is 0 Å². The Hall–Kier alpha value is -3.03. The first-order valence-electron chi connectivity index (χ1n) is 8.85. The van der Waals surface area contributed by atoms with Crippen molar-refractivity contribution >= 4 is 5.91 Å². The number of aromatic nitrogens is 6. The molecule has 8 nitrogen and oxygen atoms in total. The topological polar surface area (TPSA) is 92.6 Å². The zero-order valence-corrected chi connectivity index (χ0v) is 14.9. The Kier molecular flexibility index (Phi) is 4.24. The molecule has 1 N–H and O–H groups in total. The first-order valence-corrected chi connectivity index (χ1v) is 8.85. The van der Waals surface area contributed by atoms with Crippen LogP contribution in [-0.4, -0.2) is 47.3 Å². The van der Waals surface area contributed by atoms with Gasteiger partial charge in [0.05, 0.1) is 17.8 Å². The van der Waals surface area contributed by atoms with Gasteiger partial charge in [0.15, 0.2) is 5.82 Å². The molecule has 8 heteroatoms. The lowest BCUT2D eigenvalue weighted by atomic mass is 10.1. The third-order valence-electron chi connectivity index (χ3n) is 4.88. The summed E-state index contributed by atoms with van der Waals surface area (Å²) in [6, 6.07) is 3.68. The van der Waals surface area contributed by atoms with E-state index in [1.54, 1.807) is 18.6 Å². The molecule has 134 valence electrons. The van der Waals surface area contributed by atoms with Crippen LogP contribution >= 0.6 is 0 Å². The van der Waals surface area contributed by atoms with Gasteiger partial charge in [0.2, 0.25) is 0 Å². The number of likely N-dealkylation sites (tertiary alicyclic amines) is 1. The lowest BCUT2D eigenvalue weighted by Crippen LogP contribution is -2.31. The molecular formula is C18H21N7O. The molecule has 0 aromatic carbocycles. The van der Waals surface area contributed by atoms with Crippen molar-refractivity contribution in [3.63, 3.8) is 0 Å². The standard InChI is InChI=1S/C18H21N7O/c1-3-25-12(2)14(11-20-25)18(26)24-9-5-7-15(24)17-21-16(22-23-17)13-6-4-8-19-10-13/h4,6,8,10-11,15H,3,5,7,9H2,1-2H3,(H,21,22,23)/t15-/m1/s1. The number of pyridine rings is 1. The van der Waals surface area contributed by atoms with Crippen molar-refractivity contribution in [3.05, 3.63) is 47.8 Å². The minimum Gasteiger partial charge on any atom is -0.328 e. The van der Waals surface area contributed by atoms with Crippen LogP contribution in [0.2, 0.25) is 0 Å². The van der Waals surface area contributed by atoms with E-state index in [4.69, 9.17) is 0 Å². The molecule has 3 aromatic heterocycles. The van der Waals surface area contributed by atoms with Crippen LogP contribution in [-0.2, 0) is 6.54 Å². The quantitative estimate of drug-likeness (QED) is 0.779. The van der Waals surface area contributed by atoms with Crippen LogP contribution in [0.15, 0.2) is 30.7 Å². The molecule has 4 heterocycles. The number of aromatic amines is 1. The Bertz CT molecular complexity index is 915. The van der Waals surface area contributed by atoms with E-state index in [2.05, 4.69) is 25.3 Å². The van der Waals surface area contributed by atoms with Crippen LogP contribution in [0.4, 0.5) is 0 Å². The zero-order valence-electron chi connectivity index (χ0n) is 14.9. The summed E-state index contributed by atoms with van der Waals surface area (Å²) in [6.45, 7) is 5.41. The fraction of sp³-hybridized carbons (Fsp3) is 0.389. The predicted octanol–water partition coefficient (Wildman–Crippen LogP) is 2.37. The van der Waals surface area contributed by atoms with E-state index < -0.39 is 0 Å². The fourth-order valence-corrected chi connectivity index (χ4v) is 3.47. The molecule has 1 aliphatic heterocycles. The second kappa shape index (κ2) is 6.70. The monoisotopic (exact) mass is 351 g/mol. The van der Waals surface area contributed by atoms with Gasteiger partial charge in [0.25, 0.3) is 5.91 Å². The van der Waals surface area contributed by atoms with Gasteiger partial charge in [-0.3, -0.25) is 19.6 Å². The summed E-state index contributed by atoms with van der Waals surface area (Å²) in [7, 11) is 0. The highest BCUT2D eigenvalue weighted by Crippen LogP contribution is 2.32. The molecule has 26 heavy (non-hydrogen) atoms. The minimum atomic E-state index is -0.0928. The van der Waals surface area contributed by atoms with Crippen LogP contribution < -0.4 is 0 Å². The number of carbonyl (C=O) groups is 1. The Morgan fingerprint density at radius 3 is 3.00 bits per heavy atom. The number of hydrogen-bond donors (Lipinski definition) is 1. The van der Waals surface area contributed by atoms with E-state index in [1.165, 1.54) is 0 Å². The smallest absolute Gasteiger partial charge is 0.257 e. The molecule has 0 saturated carbocycles.